The molecule has 0 saturated carbocycles. The first-order chi connectivity index (χ1) is 16.1. The van der Waals surface area contributed by atoms with Gasteiger partial charge in [0.15, 0.2) is 0 Å². The number of pyridine rings is 1. The van der Waals surface area contributed by atoms with Crippen molar-refractivity contribution in [3.05, 3.63) is 29.7 Å². The van der Waals surface area contributed by atoms with Crippen LogP contribution in [0.25, 0.3) is 11.3 Å². The van der Waals surface area contributed by atoms with Crippen molar-refractivity contribution in [1.29, 1.82) is 0 Å². The predicted octanol–water partition coefficient (Wildman–Crippen LogP) is 2.98. The lowest BCUT2D eigenvalue weighted by Gasteiger charge is -2.28. The van der Waals surface area contributed by atoms with E-state index < -0.39 is 0 Å². The van der Waals surface area contributed by atoms with Gasteiger partial charge in [0, 0.05) is 51.2 Å². The summed E-state index contributed by atoms with van der Waals surface area (Å²) in [5.41, 5.74) is 1.29. The van der Waals surface area contributed by atoms with E-state index in [1.54, 1.807) is 25.6 Å². The number of piperidine rings is 1. The fourth-order valence-corrected chi connectivity index (χ4v) is 4.39. The lowest BCUT2D eigenvalue weighted by atomic mass is 9.94. The SMILES string of the molecule is COC[C@H]1CC[C@H](C(=O)Nc2cc(-c3cncc(NCC4CCOCC4)n3)c(Cl)cn2)CN1. The Morgan fingerprint density at radius 1 is 1.21 bits per heavy atom. The Bertz CT molecular complexity index is 932. The van der Waals surface area contributed by atoms with E-state index in [4.69, 9.17) is 21.1 Å². The Labute approximate surface area is 199 Å². The van der Waals surface area contributed by atoms with Crippen molar-refractivity contribution in [1.82, 2.24) is 20.3 Å². The van der Waals surface area contributed by atoms with E-state index in [1.807, 2.05) is 0 Å². The molecule has 2 saturated heterocycles. The van der Waals surface area contributed by atoms with Gasteiger partial charge in [0.05, 0.1) is 35.6 Å². The number of ether oxygens (including phenoxy) is 2. The van der Waals surface area contributed by atoms with Gasteiger partial charge in [-0.25, -0.2) is 9.97 Å². The van der Waals surface area contributed by atoms with Gasteiger partial charge in [-0.15, -0.1) is 0 Å². The number of carbonyl (C=O) groups excluding carboxylic acids is 1. The minimum Gasteiger partial charge on any atom is -0.383 e. The summed E-state index contributed by atoms with van der Waals surface area (Å²) in [7, 11) is 1.69. The standard InChI is InChI=1S/C23H31ClN6O3/c1-32-14-17-3-2-16(10-26-17)23(31)30-21-8-18(19(24)11-28-21)20-12-25-13-22(29-20)27-9-15-4-6-33-7-5-15/h8,11-13,15-17,26H,2-7,9-10,14H2,1H3,(H,27,29)(H,28,30,31)/t16-,17+/m0/s1. The molecule has 0 aliphatic carbocycles. The monoisotopic (exact) mass is 474 g/mol. The van der Waals surface area contributed by atoms with Crippen molar-refractivity contribution < 1.29 is 14.3 Å². The van der Waals surface area contributed by atoms with Crippen molar-refractivity contribution in [3.63, 3.8) is 0 Å². The maximum Gasteiger partial charge on any atom is 0.229 e. The minimum absolute atomic E-state index is 0.0582. The lowest BCUT2D eigenvalue weighted by Crippen LogP contribution is -2.45. The van der Waals surface area contributed by atoms with Crippen LogP contribution in [0.4, 0.5) is 11.6 Å². The molecule has 33 heavy (non-hydrogen) atoms. The molecule has 2 aromatic heterocycles. The topological polar surface area (TPSA) is 110 Å². The number of nitrogens with one attached hydrogen (secondary N) is 3. The van der Waals surface area contributed by atoms with Crippen molar-refractivity contribution in [3.8, 4) is 11.3 Å². The van der Waals surface area contributed by atoms with Crippen molar-refractivity contribution in [2.24, 2.45) is 11.8 Å². The van der Waals surface area contributed by atoms with Crippen LogP contribution in [0.2, 0.25) is 5.02 Å². The molecule has 2 aliphatic heterocycles. The molecule has 1 amide bonds. The summed E-state index contributed by atoms with van der Waals surface area (Å²) < 4.78 is 10.6. The molecule has 2 atom stereocenters. The van der Waals surface area contributed by atoms with Crippen LogP contribution in [0, 0.1) is 11.8 Å². The van der Waals surface area contributed by atoms with Gasteiger partial charge in [-0.2, -0.15) is 0 Å². The number of aromatic nitrogens is 3. The molecule has 2 aliphatic rings. The second-order valence-corrected chi connectivity index (χ2v) is 9.01. The van der Waals surface area contributed by atoms with Gasteiger partial charge in [0.1, 0.15) is 11.6 Å². The van der Waals surface area contributed by atoms with Crippen molar-refractivity contribution >= 4 is 29.1 Å². The Morgan fingerprint density at radius 2 is 2.06 bits per heavy atom. The van der Waals surface area contributed by atoms with E-state index in [0.29, 0.717) is 53.0 Å². The number of anilines is 2. The summed E-state index contributed by atoms with van der Waals surface area (Å²) >= 11 is 6.41. The molecule has 4 rings (SSSR count). The van der Waals surface area contributed by atoms with Crippen LogP contribution in [-0.4, -0.2) is 66.9 Å². The fraction of sp³-hybridized carbons (Fsp3) is 0.565. The first-order valence-electron chi connectivity index (χ1n) is 11.4. The van der Waals surface area contributed by atoms with E-state index >= 15 is 0 Å². The maximum atomic E-state index is 12.8. The summed E-state index contributed by atoms with van der Waals surface area (Å²) in [5.74, 6) is 1.53. The Morgan fingerprint density at radius 3 is 2.82 bits per heavy atom. The number of halogens is 1. The number of nitrogens with zero attached hydrogens (tertiary/aromatic N) is 3. The smallest absolute Gasteiger partial charge is 0.229 e. The van der Waals surface area contributed by atoms with Gasteiger partial charge in [-0.05, 0) is 37.7 Å². The third-order valence-electron chi connectivity index (χ3n) is 6.18. The molecule has 178 valence electrons. The largest absolute Gasteiger partial charge is 0.383 e. The van der Waals surface area contributed by atoms with Crippen LogP contribution in [0.15, 0.2) is 24.7 Å². The molecule has 0 bridgehead atoms. The summed E-state index contributed by atoms with van der Waals surface area (Å²) in [4.78, 5) is 26.0. The van der Waals surface area contributed by atoms with E-state index in [9.17, 15) is 4.79 Å². The summed E-state index contributed by atoms with van der Waals surface area (Å²) in [6.45, 7) is 3.72. The fourth-order valence-electron chi connectivity index (χ4n) is 4.19. The van der Waals surface area contributed by atoms with Crippen molar-refractivity contribution in [2.75, 3.05) is 50.7 Å². The van der Waals surface area contributed by atoms with Crippen LogP contribution in [0.3, 0.4) is 0 Å². The lowest BCUT2D eigenvalue weighted by molar-refractivity contribution is -0.120. The number of carbonyl (C=O) groups is 1. The van der Waals surface area contributed by atoms with Gasteiger partial charge < -0.3 is 25.4 Å². The van der Waals surface area contributed by atoms with Crippen LogP contribution >= 0.6 is 11.6 Å². The highest BCUT2D eigenvalue weighted by Gasteiger charge is 2.26. The zero-order valence-corrected chi connectivity index (χ0v) is 19.6. The number of amides is 1. The van der Waals surface area contributed by atoms with E-state index in [0.717, 1.165) is 45.4 Å². The number of hydrogen-bond acceptors (Lipinski definition) is 8. The van der Waals surface area contributed by atoms with Crippen LogP contribution < -0.4 is 16.0 Å². The third kappa shape index (κ3) is 6.60. The van der Waals surface area contributed by atoms with Gasteiger partial charge in [-0.3, -0.25) is 9.78 Å². The average molecular weight is 475 g/mol. The first kappa shape index (κ1) is 23.8. The number of rotatable bonds is 8. The quantitative estimate of drug-likeness (QED) is 0.535. The number of methoxy groups -OCH3 is 1. The van der Waals surface area contributed by atoms with E-state index in [2.05, 4.69) is 30.9 Å². The highest BCUT2D eigenvalue weighted by molar-refractivity contribution is 6.33. The Kier molecular flexibility index (Phi) is 8.44. The molecule has 10 heteroatoms. The third-order valence-corrected chi connectivity index (χ3v) is 6.49. The van der Waals surface area contributed by atoms with E-state index in [1.165, 1.54) is 6.20 Å². The molecular formula is C23H31ClN6O3. The summed E-state index contributed by atoms with van der Waals surface area (Å²) in [5, 5.41) is 10.1. The van der Waals surface area contributed by atoms with Gasteiger partial charge in [0.25, 0.3) is 0 Å². The zero-order valence-electron chi connectivity index (χ0n) is 18.8. The molecule has 4 heterocycles. The van der Waals surface area contributed by atoms with Gasteiger partial charge in [0.2, 0.25) is 5.91 Å². The van der Waals surface area contributed by atoms with Crippen molar-refractivity contribution in [2.45, 2.75) is 31.7 Å². The second-order valence-electron chi connectivity index (χ2n) is 8.60. The van der Waals surface area contributed by atoms with Crippen LogP contribution in [0.5, 0.6) is 0 Å². The molecule has 0 radical (unpaired) electrons. The summed E-state index contributed by atoms with van der Waals surface area (Å²) in [6, 6.07) is 2.04. The highest BCUT2D eigenvalue weighted by atomic mass is 35.5. The van der Waals surface area contributed by atoms with E-state index in [-0.39, 0.29) is 11.8 Å². The molecule has 2 fully saturated rings. The van der Waals surface area contributed by atoms with Gasteiger partial charge >= 0.3 is 0 Å². The molecule has 2 aromatic rings. The predicted molar refractivity (Wildman–Crippen MR) is 127 cm³/mol. The zero-order chi connectivity index (χ0) is 23.0. The molecule has 0 unspecified atom stereocenters. The van der Waals surface area contributed by atoms with Crippen LogP contribution in [0.1, 0.15) is 25.7 Å². The normalized spacial score (nSPS) is 21.5. The molecular weight excluding hydrogens is 444 g/mol. The maximum absolute atomic E-state index is 12.8. The van der Waals surface area contributed by atoms with Gasteiger partial charge in [-0.1, -0.05) is 11.6 Å². The molecule has 0 spiro atoms. The molecule has 9 nitrogen and oxygen atoms in total. The minimum atomic E-state index is -0.114. The summed E-state index contributed by atoms with van der Waals surface area (Å²) in [6.07, 6.45) is 8.69. The average Bonchev–Trinajstić information content (AvgIpc) is 2.85. The Balaban J connectivity index is 1.39. The molecule has 3 N–H and O–H groups in total. The first-order valence-corrected chi connectivity index (χ1v) is 11.8. The molecule has 0 aromatic carbocycles. The van der Waals surface area contributed by atoms with Crippen LogP contribution in [-0.2, 0) is 14.3 Å². The highest BCUT2D eigenvalue weighted by Crippen LogP contribution is 2.29. The number of hydrogen-bond donors (Lipinski definition) is 3. The second kappa shape index (κ2) is 11.7. The Hall–Kier alpha value is -2.33.